The number of aryl methyl sites for hydroxylation is 1. The van der Waals surface area contributed by atoms with Gasteiger partial charge >= 0.3 is 0 Å². The summed E-state index contributed by atoms with van der Waals surface area (Å²) < 4.78 is 6.23. The van der Waals surface area contributed by atoms with Gasteiger partial charge in [-0.05, 0) is 42.2 Å². The minimum Gasteiger partial charge on any atom is -0.368 e. The number of anilines is 1. The molecule has 6 heteroatoms. The van der Waals surface area contributed by atoms with Crippen LogP contribution in [0.25, 0.3) is 0 Å². The van der Waals surface area contributed by atoms with Crippen LogP contribution in [0.2, 0.25) is 0 Å². The largest absolute Gasteiger partial charge is 0.368 e. The van der Waals surface area contributed by atoms with E-state index >= 15 is 0 Å². The van der Waals surface area contributed by atoms with Crippen molar-refractivity contribution < 1.29 is 14.3 Å². The molecule has 1 saturated heterocycles. The summed E-state index contributed by atoms with van der Waals surface area (Å²) in [5.41, 5.74) is 3.51. The van der Waals surface area contributed by atoms with Crippen molar-refractivity contribution in [2.45, 2.75) is 18.4 Å². The number of amides is 2. The maximum absolute atomic E-state index is 12.7. The fourth-order valence-corrected chi connectivity index (χ4v) is 4.35. The van der Waals surface area contributed by atoms with E-state index in [1.165, 1.54) is 16.0 Å². The van der Waals surface area contributed by atoms with E-state index in [-0.39, 0.29) is 17.4 Å². The van der Waals surface area contributed by atoms with E-state index in [9.17, 15) is 9.59 Å². The smallest absolute Gasteiger partial charge is 0.253 e. The van der Waals surface area contributed by atoms with Crippen LogP contribution in [0.4, 0.5) is 5.69 Å². The first-order valence-corrected chi connectivity index (χ1v) is 10.0. The van der Waals surface area contributed by atoms with E-state index in [4.69, 9.17) is 4.74 Å². The molecule has 1 spiro atoms. The van der Waals surface area contributed by atoms with Crippen molar-refractivity contribution in [1.82, 2.24) is 9.80 Å². The normalized spacial score (nSPS) is 21.0. The molecule has 2 aromatic rings. The zero-order valence-electron chi connectivity index (χ0n) is 17.0. The van der Waals surface area contributed by atoms with Gasteiger partial charge in [0.15, 0.2) is 0 Å². The van der Waals surface area contributed by atoms with Crippen molar-refractivity contribution in [3.63, 3.8) is 0 Å². The number of nitrogens with one attached hydrogen (secondary N) is 1. The molecule has 1 heterocycles. The summed E-state index contributed by atoms with van der Waals surface area (Å²) >= 11 is 0. The summed E-state index contributed by atoms with van der Waals surface area (Å²) in [5, 5.41) is 2.93. The first kappa shape index (κ1) is 19.6. The Labute approximate surface area is 171 Å². The molecule has 0 aromatic heterocycles. The van der Waals surface area contributed by atoms with E-state index in [1.807, 2.05) is 0 Å². The molecular weight excluding hydrogens is 366 g/mol. The van der Waals surface area contributed by atoms with Gasteiger partial charge in [0.25, 0.3) is 5.91 Å². The summed E-state index contributed by atoms with van der Waals surface area (Å²) in [6, 6.07) is 15.5. The number of benzene rings is 2. The number of carbonyl (C=O) groups is 2. The van der Waals surface area contributed by atoms with Crippen molar-refractivity contribution in [3.8, 4) is 0 Å². The van der Waals surface area contributed by atoms with Gasteiger partial charge in [-0.1, -0.05) is 30.3 Å². The Morgan fingerprint density at radius 1 is 1.17 bits per heavy atom. The first-order valence-electron chi connectivity index (χ1n) is 10.0. The highest BCUT2D eigenvalue weighted by atomic mass is 16.5. The van der Waals surface area contributed by atoms with Gasteiger partial charge in [0, 0.05) is 38.4 Å². The third-order valence-electron chi connectivity index (χ3n) is 5.74. The Morgan fingerprint density at radius 2 is 2.00 bits per heavy atom. The van der Waals surface area contributed by atoms with Gasteiger partial charge in [0.05, 0.1) is 13.2 Å². The number of fused-ring (bicyclic) bond motifs is 2. The summed E-state index contributed by atoms with van der Waals surface area (Å²) in [5.74, 6) is -0.168. The second-order valence-electron chi connectivity index (χ2n) is 8.04. The van der Waals surface area contributed by atoms with Crippen molar-refractivity contribution in [2.24, 2.45) is 0 Å². The van der Waals surface area contributed by atoms with Crippen LogP contribution in [0.1, 0.15) is 27.9 Å². The summed E-state index contributed by atoms with van der Waals surface area (Å²) in [6.45, 7) is 2.38. The molecule has 1 aliphatic heterocycles. The lowest BCUT2D eigenvalue weighted by molar-refractivity contribution is -0.129. The Morgan fingerprint density at radius 3 is 2.83 bits per heavy atom. The van der Waals surface area contributed by atoms with Crippen LogP contribution in [0.3, 0.4) is 0 Å². The number of rotatable bonds is 4. The van der Waals surface area contributed by atoms with E-state index in [0.717, 1.165) is 25.9 Å². The Bertz CT molecular complexity index is 923. The van der Waals surface area contributed by atoms with Crippen LogP contribution in [-0.2, 0) is 21.6 Å². The molecule has 4 rings (SSSR count). The van der Waals surface area contributed by atoms with Gasteiger partial charge in [-0.25, -0.2) is 0 Å². The minimum absolute atomic E-state index is 0.0808. The second kappa shape index (κ2) is 7.97. The van der Waals surface area contributed by atoms with Gasteiger partial charge in [0.2, 0.25) is 5.91 Å². The molecular formula is C23H27N3O3. The van der Waals surface area contributed by atoms with E-state index in [2.05, 4.69) is 34.5 Å². The van der Waals surface area contributed by atoms with Crippen LogP contribution in [0.15, 0.2) is 48.5 Å². The third kappa shape index (κ3) is 4.04. The zero-order chi connectivity index (χ0) is 20.4. The number of ether oxygens (including phenoxy) is 1. The number of nitrogens with zero attached hydrogens (tertiary/aromatic N) is 2. The molecule has 1 fully saturated rings. The quantitative estimate of drug-likeness (QED) is 0.867. The molecule has 1 N–H and O–H groups in total. The summed E-state index contributed by atoms with van der Waals surface area (Å²) in [6.07, 6.45) is 1.97. The van der Waals surface area contributed by atoms with Crippen LogP contribution in [0.5, 0.6) is 0 Å². The first-order chi connectivity index (χ1) is 14.0. The molecule has 2 amide bonds. The Hall–Kier alpha value is -2.70. The van der Waals surface area contributed by atoms with Crippen LogP contribution in [-0.4, -0.2) is 62.0 Å². The van der Waals surface area contributed by atoms with Gasteiger partial charge < -0.3 is 15.0 Å². The lowest BCUT2D eigenvalue weighted by atomic mass is 9.93. The number of morpholine rings is 1. The third-order valence-corrected chi connectivity index (χ3v) is 5.74. The second-order valence-corrected chi connectivity index (χ2v) is 8.04. The fraction of sp³-hybridized carbons (Fsp3) is 0.391. The van der Waals surface area contributed by atoms with Gasteiger partial charge in [-0.2, -0.15) is 0 Å². The van der Waals surface area contributed by atoms with Crippen LogP contribution < -0.4 is 5.32 Å². The molecule has 1 atom stereocenters. The summed E-state index contributed by atoms with van der Waals surface area (Å²) in [7, 11) is 3.42. The van der Waals surface area contributed by atoms with Crippen molar-refractivity contribution in [1.29, 1.82) is 0 Å². The molecule has 2 aromatic carbocycles. The molecule has 1 aliphatic carbocycles. The van der Waals surface area contributed by atoms with E-state index in [1.54, 1.807) is 38.4 Å². The lowest BCUT2D eigenvalue weighted by Gasteiger charge is -2.41. The van der Waals surface area contributed by atoms with Gasteiger partial charge in [-0.15, -0.1) is 0 Å². The molecule has 1 unspecified atom stereocenters. The maximum atomic E-state index is 12.7. The SMILES string of the molecule is CN(C)C(=O)c1cccc(NC(=O)CN2CCOC3(CCc4ccccc43)C2)c1. The number of hydrogen-bond donors (Lipinski definition) is 1. The molecule has 0 radical (unpaired) electrons. The summed E-state index contributed by atoms with van der Waals surface area (Å²) in [4.78, 5) is 28.5. The zero-order valence-corrected chi connectivity index (χ0v) is 17.0. The van der Waals surface area contributed by atoms with Crippen LogP contribution >= 0.6 is 0 Å². The molecule has 29 heavy (non-hydrogen) atoms. The van der Waals surface area contributed by atoms with Crippen LogP contribution in [0, 0.1) is 0 Å². The fourth-order valence-electron chi connectivity index (χ4n) is 4.35. The highest BCUT2D eigenvalue weighted by Crippen LogP contribution is 2.42. The van der Waals surface area contributed by atoms with E-state index in [0.29, 0.717) is 24.4 Å². The highest BCUT2D eigenvalue weighted by molar-refractivity contribution is 5.97. The average molecular weight is 393 g/mol. The van der Waals surface area contributed by atoms with Crippen molar-refractivity contribution >= 4 is 17.5 Å². The molecule has 0 bridgehead atoms. The predicted molar refractivity (Wildman–Crippen MR) is 112 cm³/mol. The topological polar surface area (TPSA) is 61.9 Å². The standard InChI is InChI=1S/C23H27N3O3/c1-25(2)22(28)18-7-5-8-19(14-18)24-21(27)15-26-12-13-29-23(16-26)11-10-17-6-3-4-9-20(17)23/h3-9,14H,10-13,15-16H2,1-2H3,(H,24,27). The van der Waals surface area contributed by atoms with Gasteiger partial charge in [0.1, 0.15) is 5.60 Å². The Balaban J connectivity index is 1.41. The van der Waals surface area contributed by atoms with Crippen molar-refractivity contribution in [2.75, 3.05) is 45.7 Å². The van der Waals surface area contributed by atoms with Gasteiger partial charge in [-0.3, -0.25) is 14.5 Å². The average Bonchev–Trinajstić information content (AvgIpc) is 3.05. The van der Waals surface area contributed by atoms with E-state index < -0.39 is 0 Å². The minimum atomic E-state index is -0.298. The highest BCUT2D eigenvalue weighted by Gasteiger charge is 2.43. The van der Waals surface area contributed by atoms with Crippen molar-refractivity contribution in [3.05, 3.63) is 65.2 Å². The number of carbonyl (C=O) groups excluding carboxylic acids is 2. The predicted octanol–water partition coefficient (Wildman–Crippen LogP) is 2.50. The molecule has 2 aliphatic rings. The lowest BCUT2D eigenvalue weighted by Crippen LogP contribution is -2.50. The maximum Gasteiger partial charge on any atom is 0.253 e. The number of hydrogen-bond acceptors (Lipinski definition) is 4. The molecule has 6 nitrogen and oxygen atoms in total. The monoisotopic (exact) mass is 393 g/mol. The molecule has 0 saturated carbocycles. The molecule has 152 valence electrons. The Kier molecular flexibility index (Phi) is 5.39.